The van der Waals surface area contributed by atoms with Gasteiger partial charge in [0, 0.05) is 6.54 Å². The molecule has 1 aliphatic rings. The van der Waals surface area contributed by atoms with E-state index in [4.69, 9.17) is 4.74 Å². The highest BCUT2D eigenvalue weighted by Gasteiger charge is 2.32. The molecule has 0 aromatic carbocycles. The lowest BCUT2D eigenvalue weighted by atomic mass is 10.1. The summed E-state index contributed by atoms with van der Waals surface area (Å²) in [5, 5.41) is 7.71. The number of hydrogen-bond acceptors (Lipinski definition) is 4. The van der Waals surface area contributed by atoms with E-state index in [1.54, 1.807) is 6.33 Å². The van der Waals surface area contributed by atoms with Crippen LogP contribution in [0.4, 0.5) is 0 Å². The van der Waals surface area contributed by atoms with Gasteiger partial charge in [0.25, 0.3) is 0 Å². The summed E-state index contributed by atoms with van der Waals surface area (Å²) in [4.78, 5) is 4.38. The van der Waals surface area contributed by atoms with Gasteiger partial charge in [0.05, 0.1) is 18.2 Å². The smallest absolute Gasteiger partial charge is 0.146 e. The number of hydrogen-bond donors (Lipinski definition) is 1. The second-order valence-corrected chi connectivity index (χ2v) is 4.53. The van der Waals surface area contributed by atoms with Gasteiger partial charge in [-0.2, -0.15) is 5.10 Å². The van der Waals surface area contributed by atoms with Gasteiger partial charge in [-0.15, -0.1) is 0 Å². The lowest BCUT2D eigenvalue weighted by molar-refractivity contribution is 0.0290. The molecule has 2 rings (SSSR count). The first-order chi connectivity index (χ1) is 8.26. The third kappa shape index (κ3) is 2.66. The first-order valence-electron chi connectivity index (χ1n) is 6.52. The molecule has 0 saturated carbocycles. The van der Waals surface area contributed by atoms with Gasteiger partial charge in [-0.3, -0.25) is 0 Å². The molecule has 1 N–H and O–H groups in total. The predicted octanol–water partition coefficient (Wildman–Crippen LogP) is 1.52. The van der Waals surface area contributed by atoms with E-state index in [1.165, 1.54) is 0 Å². The summed E-state index contributed by atoms with van der Waals surface area (Å²) < 4.78 is 7.90. The van der Waals surface area contributed by atoms with Crippen LogP contribution in [0, 0.1) is 0 Å². The largest absolute Gasteiger partial charge is 0.373 e. The highest BCUT2D eigenvalue weighted by atomic mass is 16.5. The summed E-state index contributed by atoms with van der Waals surface area (Å²) in [6.07, 6.45) is 4.43. The fourth-order valence-electron chi connectivity index (χ4n) is 2.45. The molecule has 1 saturated heterocycles. The zero-order valence-electron chi connectivity index (χ0n) is 10.9. The van der Waals surface area contributed by atoms with Crippen molar-refractivity contribution in [1.29, 1.82) is 0 Å². The SMILES string of the molecule is CCNC(c1ncnn1CC)C1CCC(C)O1. The van der Waals surface area contributed by atoms with E-state index in [0.717, 1.165) is 31.8 Å². The normalized spacial score (nSPS) is 26.3. The van der Waals surface area contributed by atoms with Crippen LogP contribution in [0.15, 0.2) is 6.33 Å². The topological polar surface area (TPSA) is 52.0 Å². The molecule has 3 atom stereocenters. The second kappa shape index (κ2) is 5.60. The monoisotopic (exact) mass is 238 g/mol. The van der Waals surface area contributed by atoms with Gasteiger partial charge in [0.15, 0.2) is 0 Å². The Morgan fingerprint density at radius 2 is 2.35 bits per heavy atom. The van der Waals surface area contributed by atoms with E-state index in [9.17, 15) is 0 Å². The van der Waals surface area contributed by atoms with Crippen molar-refractivity contribution >= 4 is 0 Å². The molecule has 5 heteroatoms. The fourth-order valence-corrected chi connectivity index (χ4v) is 2.45. The Morgan fingerprint density at radius 3 is 2.94 bits per heavy atom. The summed E-state index contributed by atoms with van der Waals surface area (Å²) in [5.41, 5.74) is 0. The third-order valence-electron chi connectivity index (χ3n) is 3.28. The van der Waals surface area contributed by atoms with Crippen LogP contribution < -0.4 is 5.32 Å². The number of rotatable bonds is 5. The highest BCUT2D eigenvalue weighted by Crippen LogP contribution is 2.29. The minimum Gasteiger partial charge on any atom is -0.373 e. The van der Waals surface area contributed by atoms with Gasteiger partial charge in [-0.1, -0.05) is 6.92 Å². The van der Waals surface area contributed by atoms with Crippen LogP contribution in [-0.4, -0.2) is 33.5 Å². The average molecular weight is 238 g/mol. The zero-order valence-corrected chi connectivity index (χ0v) is 10.9. The Balaban J connectivity index is 2.16. The van der Waals surface area contributed by atoms with Crippen molar-refractivity contribution in [3.05, 3.63) is 12.2 Å². The molecular formula is C12H22N4O. The molecule has 1 fully saturated rings. The van der Waals surface area contributed by atoms with Gasteiger partial charge in [-0.05, 0) is 33.2 Å². The van der Waals surface area contributed by atoms with Crippen LogP contribution in [0.1, 0.15) is 45.5 Å². The molecular weight excluding hydrogens is 216 g/mol. The summed E-state index contributed by atoms with van der Waals surface area (Å²) in [5.74, 6) is 0.994. The maximum absolute atomic E-state index is 5.96. The summed E-state index contributed by atoms with van der Waals surface area (Å²) in [7, 11) is 0. The minimum atomic E-state index is 0.160. The molecule has 0 aliphatic carbocycles. The molecule has 0 bridgehead atoms. The molecule has 0 radical (unpaired) electrons. The van der Waals surface area contributed by atoms with E-state index >= 15 is 0 Å². The van der Waals surface area contributed by atoms with Gasteiger partial charge < -0.3 is 10.1 Å². The summed E-state index contributed by atoms with van der Waals surface area (Å²) >= 11 is 0. The Morgan fingerprint density at radius 1 is 1.53 bits per heavy atom. The Kier molecular flexibility index (Phi) is 4.12. The molecule has 3 unspecified atom stereocenters. The van der Waals surface area contributed by atoms with Crippen LogP contribution in [0.3, 0.4) is 0 Å². The number of ether oxygens (including phenoxy) is 1. The van der Waals surface area contributed by atoms with Crippen molar-refractivity contribution in [3.8, 4) is 0 Å². The minimum absolute atomic E-state index is 0.160. The van der Waals surface area contributed by atoms with Crippen molar-refractivity contribution in [1.82, 2.24) is 20.1 Å². The van der Waals surface area contributed by atoms with Gasteiger partial charge in [0.1, 0.15) is 12.2 Å². The maximum atomic E-state index is 5.96. The fraction of sp³-hybridized carbons (Fsp3) is 0.833. The molecule has 5 nitrogen and oxygen atoms in total. The van der Waals surface area contributed by atoms with Crippen molar-refractivity contribution in [2.24, 2.45) is 0 Å². The Bertz CT molecular complexity index is 352. The first-order valence-corrected chi connectivity index (χ1v) is 6.52. The zero-order chi connectivity index (χ0) is 12.3. The second-order valence-electron chi connectivity index (χ2n) is 4.53. The Hall–Kier alpha value is -0.940. The molecule has 2 heterocycles. The first kappa shape index (κ1) is 12.5. The van der Waals surface area contributed by atoms with Gasteiger partial charge >= 0.3 is 0 Å². The van der Waals surface area contributed by atoms with E-state index in [2.05, 4.69) is 36.2 Å². The van der Waals surface area contributed by atoms with E-state index < -0.39 is 0 Å². The van der Waals surface area contributed by atoms with Gasteiger partial charge in [0.2, 0.25) is 0 Å². The van der Waals surface area contributed by atoms with E-state index in [-0.39, 0.29) is 12.1 Å². The molecule has 96 valence electrons. The summed E-state index contributed by atoms with van der Waals surface area (Å²) in [6, 6.07) is 0.160. The van der Waals surface area contributed by atoms with Gasteiger partial charge in [-0.25, -0.2) is 9.67 Å². The van der Waals surface area contributed by atoms with Crippen LogP contribution >= 0.6 is 0 Å². The number of aromatic nitrogens is 3. The summed E-state index contributed by atoms with van der Waals surface area (Å²) in [6.45, 7) is 8.08. The number of nitrogens with zero attached hydrogens (tertiary/aromatic N) is 3. The quantitative estimate of drug-likeness (QED) is 0.845. The van der Waals surface area contributed by atoms with Crippen LogP contribution in [0.25, 0.3) is 0 Å². The van der Waals surface area contributed by atoms with Crippen molar-refractivity contribution in [2.45, 2.75) is 58.4 Å². The predicted molar refractivity (Wildman–Crippen MR) is 65.7 cm³/mol. The molecule has 0 spiro atoms. The maximum Gasteiger partial charge on any atom is 0.146 e. The number of aryl methyl sites for hydroxylation is 1. The molecule has 1 aromatic heterocycles. The van der Waals surface area contributed by atoms with Crippen molar-refractivity contribution < 1.29 is 4.74 Å². The standard InChI is InChI=1S/C12H22N4O/c1-4-13-11(10-7-6-9(3)17-10)12-14-8-15-16(12)5-2/h8-11,13H,4-7H2,1-3H3. The molecule has 0 amide bonds. The lowest BCUT2D eigenvalue weighted by Crippen LogP contribution is -2.34. The highest BCUT2D eigenvalue weighted by molar-refractivity contribution is 5.00. The average Bonchev–Trinajstić information content (AvgIpc) is 2.94. The molecule has 1 aromatic rings. The van der Waals surface area contributed by atoms with E-state index in [0.29, 0.717) is 6.10 Å². The molecule has 17 heavy (non-hydrogen) atoms. The van der Waals surface area contributed by atoms with Crippen LogP contribution in [0.2, 0.25) is 0 Å². The van der Waals surface area contributed by atoms with Crippen molar-refractivity contribution in [2.75, 3.05) is 6.54 Å². The van der Waals surface area contributed by atoms with Crippen LogP contribution in [0.5, 0.6) is 0 Å². The van der Waals surface area contributed by atoms with E-state index in [1.807, 2.05) is 4.68 Å². The number of nitrogens with one attached hydrogen (secondary N) is 1. The third-order valence-corrected chi connectivity index (χ3v) is 3.28. The Labute approximate surface area is 103 Å². The van der Waals surface area contributed by atoms with Crippen LogP contribution in [-0.2, 0) is 11.3 Å². The molecule has 1 aliphatic heterocycles. The number of likely N-dealkylation sites (N-methyl/N-ethyl adjacent to an activating group) is 1. The lowest BCUT2D eigenvalue weighted by Gasteiger charge is -2.23. The van der Waals surface area contributed by atoms with Crippen molar-refractivity contribution in [3.63, 3.8) is 0 Å².